The molecule has 5 N–H and O–H groups in total. The minimum absolute atomic E-state index is 0.813. The van der Waals surface area contributed by atoms with Gasteiger partial charge in [-0.3, -0.25) is 9.59 Å². The molecule has 0 bridgehead atoms. The lowest BCUT2D eigenvalue weighted by Crippen LogP contribution is -2.42. The molecule has 9 heteroatoms. The lowest BCUT2D eigenvalue weighted by atomic mass is 9.96. The van der Waals surface area contributed by atoms with Gasteiger partial charge in [0.05, 0.1) is 12.8 Å². The minimum Gasteiger partial charge on any atom is -0.481 e. The van der Waals surface area contributed by atoms with Crippen molar-refractivity contribution in [3.8, 4) is 0 Å². The van der Waals surface area contributed by atoms with Gasteiger partial charge < -0.3 is 25.5 Å². The summed E-state index contributed by atoms with van der Waals surface area (Å²) in [4.78, 5) is 40.2. The quantitative estimate of drug-likeness (QED) is 0.415. The molecule has 0 radical (unpaired) electrons. The van der Waals surface area contributed by atoms with Crippen LogP contribution in [0, 0.1) is 0 Å². The molecule has 0 aromatic heterocycles. The van der Waals surface area contributed by atoms with E-state index >= 15 is 0 Å². The van der Waals surface area contributed by atoms with Crippen LogP contribution < -0.4 is 0 Å². The molecule has 0 aliphatic carbocycles. The molecule has 0 aromatic rings. The van der Waals surface area contributed by atoms with Crippen LogP contribution in [-0.2, 0) is 19.2 Å². The predicted octanol–water partition coefficient (Wildman–Crippen LogP) is -0.211. The third-order valence-corrected chi connectivity index (χ3v) is 1.70. The second kappa shape index (κ2) is 8.64. The number of rotatable bonds is 6. The molecule has 0 unspecified atom stereocenters. The number of carboxylic acid groups (broad SMARTS) is 4. The zero-order valence-corrected chi connectivity index (χ0v) is 10.9. The van der Waals surface area contributed by atoms with Crippen molar-refractivity contribution in [1.82, 2.24) is 0 Å². The number of hydrogen-bond donors (Lipinski definition) is 5. The summed E-state index contributed by atoms with van der Waals surface area (Å²) in [7, 11) is 0. The average Bonchev–Trinajstić information content (AvgIpc) is 2.12. The highest BCUT2D eigenvalue weighted by molar-refractivity contribution is 5.88. The van der Waals surface area contributed by atoms with Crippen LogP contribution in [0.3, 0.4) is 0 Å². The maximum Gasteiger partial charge on any atom is 0.336 e. The largest absolute Gasteiger partial charge is 0.481 e. The summed E-state index contributed by atoms with van der Waals surface area (Å²) in [6.45, 7) is 3.49. The lowest BCUT2D eigenvalue weighted by molar-refractivity contribution is -0.170. The average molecular weight is 292 g/mol. The smallest absolute Gasteiger partial charge is 0.336 e. The van der Waals surface area contributed by atoms with Crippen molar-refractivity contribution in [2.24, 2.45) is 0 Å². The van der Waals surface area contributed by atoms with Gasteiger partial charge in [-0.25, -0.2) is 9.59 Å². The molecule has 0 saturated heterocycles. The lowest BCUT2D eigenvalue weighted by Gasteiger charge is -2.18. The molecule has 0 saturated carbocycles. The first-order chi connectivity index (χ1) is 8.90. The Bertz CT molecular complexity index is 402. The third-order valence-electron chi connectivity index (χ3n) is 1.70. The third kappa shape index (κ3) is 10.7. The van der Waals surface area contributed by atoms with Gasteiger partial charge in [0.2, 0.25) is 0 Å². The Labute approximate surface area is 113 Å². The summed E-state index contributed by atoms with van der Waals surface area (Å²) in [5.74, 6) is -5.89. The van der Waals surface area contributed by atoms with Gasteiger partial charge in [-0.15, -0.1) is 0 Å². The SMILES string of the molecule is CC(C)=CC(=O)O.O=C(O)CC(O)(CC(=O)O)C(=O)O. The molecule has 114 valence electrons. The first kappa shape index (κ1) is 19.9. The fourth-order valence-corrected chi connectivity index (χ4v) is 0.961. The van der Waals surface area contributed by atoms with Crippen LogP contribution in [0.5, 0.6) is 0 Å². The molecule has 0 aliphatic rings. The van der Waals surface area contributed by atoms with E-state index in [-0.39, 0.29) is 0 Å². The van der Waals surface area contributed by atoms with Crippen molar-refractivity contribution in [3.05, 3.63) is 11.6 Å². The van der Waals surface area contributed by atoms with Gasteiger partial charge in [-0.05, 0) is 13.8 Å². The van der Waals surface area contributed by atoms with Crippen LogP contribution in [0.4, 0.5) is 0 Å². The van der Waals surface area contributed by atoms with E-state index in [9.17, 15) is 19.2 Å². The first-order valence-corrected chi connectivity index (χ1v) is 5.18. The highest BCUT2D eigenvalue weighted by Crippen LogP contribution is 2.15. The summed E-state index contributed by atoms with van der Waals surface area (Å²) in [5, 5.41) is 41.8. The number of aliphatic carboxylic acids is 4. The zero-order valence-electron chi connectivity index (χ0n) is 10.9. The number of allylic oxidation sites excluding steroid dienone is 1. The van der Waals surface area contributed by atoms with Crippen LogP contribution in [-0.4, -0.2) is 55.0 Å². The van der Waals surface area contributed by atoms with Gasteiger partial charge in [0.15, 0.2) is 5.60 Å². The van der Waals surface area contributed by atoms with Crippen LogP contribution in [0.2, 0.25) is 0 Å². The summed E-state index contributed by atoms with van der Waals surface area (Å²) < 4.78 is 0. The summed E-state index contributed by atoms with van der Waals surface area (Å²) in [6, 6.07) is 0. The summed E-state index contributed by atoms with van der Waals surface area (Å²) in [5.41, 5.74) is -1.93. The Morgan fingerprint density at radius 1 is 0.900 bits per heavy atom. The Morgan fingerprint density at radius 3 is 1.35 bits per heavy atom. The second-order valence-electron chi connectivity index (χ2n) is 4.04. The van der Waals surface area contributed by atoms with Crippen molar-refractivity contribution in [1.29, 1.82) is 0 Å². The molecule has 0 spiro atoms. The topological polar surface area (TPSA) is 169 Å². The van der Waals surface area contributed by atoms with E-state index in [1.165, 1.54) is 6.08 Å². The Balaban J connectivity index is 0. The zero-order chi connectivity index (χ0) is 16.5. The van der Waals surface area contributed by atoms with Crippen LogP contribution in [0.25, 0.3) is 0 Å². The fourth-order valence-electron chi connectivity index (χ4n) is 0.961. The Morgan fingerprint density at radius 2 is 1.25 bits per heavy atom. The minimum atomic E-state index is -2.74. The van der Waals surface area contributed by atoms with Crippen molar-refractivity contribution in [2.45, 2.75) is 32.3 Å². The number of aliphatic hydroxyl groups is 1. The van der Waals surface area contributed by atoms with E-state index in [2.05, 4.69) is 0 Å². The highest BCUT2D eigenvalue weighted by Gasteiger charge is 2.40. The van der Waals surface area contributed by atoms with Crippen molar-refractivity contribution in [2.75, 3.05) is 0 Å². The van der Waals surface area contributed by atoms with Gasteiger partial charge in [0, 0.05) is 6.08 Å². The molecular formula is C11H16O9. The van der Waals surface area contributed by atoms with Crippen LogP contribution in [0.1, 0.15) is 26.7 Å². The molecular weight excluding hydrogens is 276 g/mol. The normalized spacial score (nSPS) is 9.75. The Kier molecular flexibility index (Phi) is 8.60. The number of hydrogen-bond acceptors (Lipinski definition) is 5. The van der Waals surface area contributed by atoms with E-state index in [4.69, 9.17) is 25.5 Å². The molecule has 9 nitrogen and oxygen atoms in total. The number of carboxylic acids is 4. The maximum absolute atomic E-state index is 10.3. The van der Waals surface area contributed by atoms with Gasteiger partial charge in [-0.2, -0.15) is 0 Å². The summed E-state index contributed by atoms with van der Waals surface area (Å²) in [6.07, 6.45) is -1.12. The molecule has 0 fully saturated rings. The monoisotopic (exact) mass is 292 g/mol. The summed E-state index contributed by atoms with van der Waals surface area (Å²) >= 11 is 0. The highest BCUT2D eigenvalue weighted by atomic mass is 16.4. The van der Waals surface area contributed by atoms with Crippen LogP contribution >= 0.6 is 0 Å². The second-order valence-corrected chi connectivity index (χ2v) is 4.04. The maximum atomic E-state index is 10.3. The van der Waals surface area contributed by atoms with Gasteiger partial charge in [-0.1, -0.05) is 5.57 Å². The Hall–Kier alpha value is -2.42. The predicted molar refractivity (Wildman–Crippen MR) is 64.2 cm³/mol. The van der Waals surface area contributed by atoms with Gasteiger partial charge >= 0.3 is 23.9 Å². The molecule has 0 heterocycles. The molecule has 0 aromatic carbocycles. The standard InChI is InChI=1S/C6H8O7.C5H8O2/c7-3(8)1-6(13,5(11)12)2-4(9)10;1-4(2)3-5(6)7/h13H,1-2H2,(H,7,8)(H,9,10)(H,11,12);3H,1-2H3,(H,6,7). The molecule has 0 amide bonds. The first-order valence-electron chi connectivity index (χ1n) is 5.18. The molecule has 20 heavy (non-hydrogen) atoms. The van der Waals surface area contributed by atoms with Gasteiger partial charge in [0.1, 0.15) is 0 Å². The van der Waals surface area contributed by atoms with Gasteiger partial charge in [0.25, 0.3) is 0 Å². The van der Waals surface area contributed by atoms with Crippen molar-refractivity contribution < 1.29 is 44.7 Å². The molecule has 0 atom stereocenters. The van der Waals surface area contributed by atoms with Crippen LogP contribution in [0.15, 0.2) is 11.6 Å². The van der Waals surface area contributed by atoms with E-state index in [0.29, 0.717) is 0 Å². The van der Waals surface area contributed by atoms with Crippen molar-refractivity contribution in [3.63, 3.8) is 0 Å². The van der Waals surface area contributed by atoms with E-state index in [1.807, 2.05) is 0 Å². The van der Waals surface area contributed by atoms with E-state index in [1.54, 1.807) is 13.8 Å². The molecule has 0 rings (SSSR count). The number of carbonyl (C=O) groups is 4. The fraction of sp³-hybridized carbons (Fsp3) is 0.455. The van der Waals surface area contributed by atoms with Crippen molar-refractivity contribution >= 4 is 23.9 Å². The molecule has 0 aliphatic heterocycles. The van der Waals surface area contributed by atoms with E-state index < -0.39 is 42.3 Å². The van der Waals surface area contributed by atoms with E-state index in [0.717, 1.165) is 5.57 Å².